The molecule has 0 radical (unpaired) electrons. The number of phenols is 1. The number of hydrogen-bond donors (Lipinski definition) is 1. The fourth-order valence-corrected chi connectivity index (χ4v) is 5.68. The zero-order chi connectivity index (χ0) is 23.1. The van der Waals surface area contributed by atoms with Crippen LogP contribution in [0.2, 0.25) is 0 Å². The third kappa shape index (κ3) is 3.16. The summed E-state index contributed by atoms with van der Waals surface area (Å²) < 4.78 is 0. The average molecular weight is 439 g/mol. The molecule has 0 heterocycles. The summed E-state index contributed by atoms with van der Waals surface area (Å²) in [5, 5.41) is 13.6. The lowest BCUT2D eigenvalue weighted by Gasteiger charge is -2.38. The van der Waals surface area contributed by atoms with E-state index in [9.17, 15) is 5.11 Å². The summed E-state index contributed by atoms with van der Waals surface area (Å²) in [7, 11) is 0. The van der Waals surface area contributed by atoms with Gasteiger partial charge in [0.05, 0.1) is 0 Å². The van der Waals surface area contributed by atoms with Crippen molar-refractivity contribution >= 4 is 16.8 Å². The highest BCUT2D eigenvalue weighted by Gasteiger charge is 2.42. The largest absolute Gasteiger partial charge is 0.508 e. The Labute approximate surface area is 200 Å². The van der Waals surface area contributed by atoms with Gasteiger partial charge in [0.1, 0.15) is 5.75 Å². The first-order valence-electron chi connectivity index (χ1n) is 11.8. The Bertz CT molecular complexity index is 1510. The molecule has 5 aromatic carbocycles. The molecule has 0 aromatic heterocycles. The predicted octanol–water partition coefficient (Wildman–Crippen LogP) is 8.33. The van der Waals surface area contributed by atoms with E-state index < -0.39 is 5.41 Å². The van der Waals surface area contributed by atoms with Crippen LogP contribution >= 0.6 is 0 Å². The fraction of sp³-hybridized carbons (Fsp3) is 0.0909. The van der Waals surface area contributed by atoms with Gasteiger partial charge in [-0.3, -0.25) is 0 Å². The molecular weight excluding hydrogens is 412 g/mol. The molecule has 1 aliphatic rings. The Balaban J connectivity index is 1.60. The van der Waals surface area contributed by atoms with E-state index in [1.807, 2.05) is 18.2 Å². The van der Waals surface area contributed by atoms with Crippen LogP contribution in [-0.2, 0) is 5.41 Å². The predicted molar refractivity (Wildman–Crippen MR) is 142 cm³/mol. The molecule has 1 heteroatoms. The van der Waals surface area contributed by atoms with E-state index in [-0.39, 0.29) is 5.92 Å². The van der Waals surface area contributed by atoms with Crippen LogP contribution in [0.5, 0.6) is 5.75 Å². The van der Waals surface area contributed by atoms with Gasteiger partial charge in [-0.05, 0) is 44.7 Å². The zero-order valence-electron chi connectivity index (χ0n) is 19.1. The molecule has 0 spiro atoms. The number of phenolic OH excluding ortho intramolecular Hbond substituents is 1. The molecule has 34 heavy (non-hydrogen) atoms. The summed E-state index contributed by atoms with van der Waals surface area (Å²) in [5.74, 6) is 0.439. The Kier molecular flexibility index (Phi) is 4.85. The van der Waals surface area contributed by atoms with Crippen LogP contribution in [0.25, 0.3) is 28.0 Å². The maximum absolute atomic E-state index is 11.3. The second-order valence-corrected chi connectivity index (χ2v) is 9.29. The smallest absolute Gasteiger partial charge is 0.120 e. The van der Waals surface area contributed by atoms with Gasteiger partial charge in [-0.15, -0.1) is 0 Å². The van der Waals surface area contributed by atoms with Gasteiger partial charge < -0.3 is 5.11 Å². The van der Waals surface area contributed by atoms with Crippen molar-refractivity contribution in [2.24, 2.45) is 0 Å². The highest BCUT2D eigenvalue weighted by Crippen LogP contribution is 2.53. The lowest BCUT2D eigenvalue weighted by molar-refractivity contribution is 0.436. The number of benzene rings is 5. The monoisotopic (exact) mass is 438 g/mol. The van der Waals surface area contributed by atoms with Gasteiger partial charge in [-0.25, -0.2) is 0 Å². The SMILES string of the molecule is CC(c1ccc(-c2ccccc2)cc1)(c1c(O)ccc2ccccc12)C1C=Cc2ccccc21. The number of hydrogen-bond acceptors (Lipinski definition) is 1. The molecule has 2 atom stereocenters. The first kappa shape index (κ1) is 20.5. The second kappa shape index (κ2) is 8.04. The van der Waals surface area contributed by atoms with Crippen LogP contribution in [0, 0.1) is 0 Å². The van der Waals surface area contributed by atoms with Crippen LogP contribution < -0.4 is 0 Å². The van der Waals surface area contributed by atoms with Crippen LogP contribution in [0.15, 0.2) is 121 Å². The molecule has 0 bridgehead atoms. The summed E-state index contributed by atoms with van der Waals surface area (Å²) in [6, 6.07) is 40.2. The summed E-state index contributed by atoms with van der Waals surface area (Å²) in [4.78, 5) is 0. The molecule has 6 rings (SSSR count). The Morgan fingerprint density at radius 1 is 0.647 bits per heavy atom. The zero-order valence-corrected chi connectivity index (χ0v) is 19.1. The number of rotatable bonds is 4. The lowest BCUT2D eigenvalue weighted by Crippen LogP contribution is -2.31. The lowest BCUT2D eigenvalue weighted by atomic mass is 9.64. The minimum absolute atomic E-state index is 0.1000. The Morgan fingerprint density at radius 3 is 2.15 bits per heavy atom. The van der Waals surface area contributed by atoms with Gasteiger partial charge in [-0.1, -0.05) is 128 Å². The van der Waals surface area contributed by atoms with E-state index in [0.29, 0.717) is 5.75 Å². The highest BCUT2D eigenvalue weighted by atomic mass is 16.3. The van der Waals surface area contributed by atoms with Crippen molar-refractivity contribution in [2.45, 2.75) is 18.3 Å². The van der Waals surface area contributed by atoms with Crippen molar-refractivity contribution in [2.75, 3.05) is 0 Å². The van der Waals surface area contributed by atoms with Crippen LogP contribution in [0.1, 0.15) is 35.1 Å². The van der Waals surface area contributed by atoms with Crippen molar-refractivity contribution in [1.29, 1.82) is 0 Å². The molecule has 0 fully saturated rings. The van der Waals surface area contributed by atoms with E-state index in [0.717, 1.165) is 16.3 Å². The topological polar surface area (TPSA) is 20.2 Å². The van der Waals surface area contributed by atoms with E-state index in [2.05, 4.69) is 116 Å². The summed E-state index contributed by atoms with van der Waals surface area (Å²) in [6.07, 6.45) is 4.52. The Hall–Kier alpha value is -4.10. The average Bonchev–Trinajstić information content (AvgIpc) is 3.34. The molecule has 5 aromatic rings. The quantitative estimate of drug-likeness (QED) is 0.299. The van der Waals surface area contributed by atoms with E-state index in [4.69, 9.17) is 0 Å². The third-order valence-corrected chi connectivity index (χ3v) is 7.44. The van der Waals surface area contributed by atoms with Crippen LogP contribution in [0.4, 0.5) is 0 Å². The summed E-state index contributed by atoms with van der Waals surface area (Å²) >= 11 is 0. The van der Waals surface area contributed by atoms with E-state index in [1.54, 1.807) is 0 Å². The fourth-order valence-electron chi connectivity index (χ4n) is 5.68. The van der Waals surface area contributed by atoms with Crippen molar-refractivity contribution in [3.8, 4) is 16.9 Å². The molecule has 1 N–H and O–H groups in total. The minimum Gasteiger partial charge on any atom is -0.508 e. The van der Waals surface area contributed by atoms with Gasteiger partial charge in [0.15, 0.2) is 0 Å². The third-order valence-electron chi connectivity index (χ3n) is 7.44. The minimum atomic E-state index is -0.469. The van der Waals surface area contributed by atoms with E-state index in [1.165, 1.54) is 27.8 Å². The van der Waals surface area contributed by atoms with Crippen molar-refractivity contribution in [3.63, 3.8) is 0 Å². The molecule has 0 saturated heterocycles. The summed E-state index contributed by atoms with van der Waals surface area (Å²) in [5.41, 5.74) is 6.63. The first-order chi connectivity index (χ1) is 16.7. The maximum atomic E-state index is 11.3. The van der Waals surface area contributed by atoms with Crippen molar-refractivity contribution in [1.82, 2.24) is 0 Å². The molecule has 2 unspecified atom stereocenters. The van der Waals surface area contributed by atoms with Gasteiger partial charge in [0.25, 0.3) is 0 Å². The van der Waals surface area contributed by atoms with Gasteiger partial charge in [-0.2, -0.15) is 0 Å². The first-order valence-corrected chi connectivity index (χ1v) is 11.8. The van der Waals surface area contributed by atoms with Crippen molar-refractivity contribution < 1.29 is 5.11 Å². The second-order valence-electron chi connectivity index (χ2n) is 9.29. The molecule has 0 saturated carbocycles. The Morgan fingerprint density at radius 2 is 1.32 bits per heavy atom. The van der Waals surface area contributed by atoms with Gasteiger partial charge >= 0.3 is 0 Å². The van der Waals surface area contributed by atoms with E-state index >= 15 is 0 Å². The van der Waals surface area contributed by atoms with Gasteiger partial charge in [0.2, 0.25) is 0 Å². The number of allylic oxidation sites excluding steroid dienone is 1. The van der Waals surface area contributed by atoms with Crippen LogP contribution in [-0.4, -0.2) is 5.11 Å². The highest BCUT2D eigenvalue weighted by molar-refractivity contribution is 5.90. The van der Waals surface area contributed by atoms with Gasteiger partial charge in [0, 0.05) is 16.9 Å². The maximum Gasteiger partial charge on any atom is 0.120 e. The standard InChI is InChI=1S/C33H26O/c1-33(30-21-17-25-11-5-7-13-28(25)30,32-29-14-8-6-12-26(29)18-22-31(32)34)27-19-15-24(16-20-27)23-9-3-2-4-10-23/h2-22,30,34H,1H3. The van der Waals surface area contributed by atoms with Crippen molar-refractivity contribution in [3.05, 3.63) is 144 Å². The number of fused-ring (bicyclic) bond motifs is 2. The normalized spacial score (nSPS) is 16.3. The molecule has 1 aliphatic carbocycles. The molecule has 0 aliphatic heterocycles. The number of aromatic hydroxyl groups is 1. The molecule has 0 amide bonds. The summed E-state index contributed by atoms with van der Waals surface area (Å²) in [6.45, 7) is 2.28. The molecular formula is C33H26O. The molecule has 164 valence electrons. The van der Waals surface area contributed by atoms with Crippen LogP contribution in [0.3, 0.4) is 0 Å². The molecule has 1 nitrogen and oxygen atoms in total.